The van der Waals surface area contributed by atoms with Crippen LogP contribution >= 0.6 is 11.6 Å². The molecule has 1 amide bonds. The Kier molecular flexibility index (Phi) is 6.01. The number of halogens is 1. The van der Waals surface area contributed by atoms with Crippen LogP contribution in [0.5, 0.6) is 5.75 Å². The second kappa shape index (κ2) is 8.83. The number of hydrazone groups is 1. The highest BCUT2D eigenvalue weighted by atomic mass is 35.5. The van der Waals surface area contributed by atoms with Gasteiger partial charge < -0.3 is 4.74 Å². The van der Waals surface area contributed by atoms with E-state index in [1.54, 1.807) is 30.5 Å². The summed E-state index contributed by atoms with van der Waals surface area (Å²) in [5, 5.41) is 4.39. The van der Waals surface area contributed by atoms with Gasteiger partial charge in [0.15, 0.2) is 0 Å². The monoisotopic (exact) mass is 364 g/mol. The number of benzene rings is 3. The third kappa shape index (κ3) is 4.71. The van der Waals surface area contributed by atoms with E-state index in [0.29, 0.717) is 22.9 Å². The minimum Gasteiger partial charge on any atom is -0.488 e. The molecule has 3 aromatic rings. The fraction of sp³-hybridized carbons (Fsp3) is 0.0476. The Labute approximate surface area is 157 Å². The van der Waals surface area contributed by atoms with Gasteiger partial charge in [-0.3, -0.25) is 4.79 Å². The van der Waals surface area contributed by atoms with Gasteiger partial charge in [-0.2, -0.15) is 5.10 Å². The second-order valence-electron chi connectivity index (χ2n) is 5.49. The number of para-hydroxylation sites is 1. The molecule has 130 valence electrons. The van der Waals surface area contributed by atoms with Crippen LogP contribution in [0.1, 0.15) is 21.5 Å². The molecule has 0 saturated carbocycles. The lowest BCUT2D eigenvalue weighted by Gasteiger charge is -2.09. The Morgan fingerprint density at radius 2 is 1.65 bits per heavy atom. The van der Waals surface area contributed by atoms with E-state index in [1.165, 1.54) is 0 Å². The highest BCUT2D eigenvalue weighted by Crippen LogP contribution is 2.18. The smallest absolute Gasteiger partial charge is 0.272 e. The molecule has 0 bridgehead atoms. The van der Waals surface area contributed by atoms with Crippen molar-refractivity contribution >= 4 is 23.7 Å². The summed E-state index contributed by atoms with van der Waals surface area (Å²) in [4.78, 5) is 12.1. The largest absolute Gasteiger partial charge is 0.488 e. The van der Waals surface area contributed by atoms with Gasteiger partial charge in [0.25, 0.3) is 5.91 Å². The van der Waals surface area contributed by atoms with Crippen molar-refractivity contribution in [2.24, 2.45) is 5.10 Å². The third-order valence-electron chi connectivity index (χ3n) is 3.64. The third-order valence-corrected chi connectivity index (χ3v) is 3.97. The van der Waals surface area contributed by atoms with Gasteiger partial charge >= 0.3 is 0 Å². The van der Waals surface area contributed by atoms with Gasteiger partial charge in [-0.05, 0) is 29.8 Å². The molecule has 0 spiro atoms. The van der Waals surface area contributed by atoms with E-state index in [2.05, 4.69) is 10.5 Å². The van der Waals surface area contributed by atoms with Crippen molar-refractivity contribution in [3.8, 4) is 5.75 Å². The Bertz CT molecular complexity index is 911. The van der Waals surface area contributed by atoms with Crippen LogP contribution in [0.4, 0.5) is 0 Å². The number of hydrogen-bond acceptors (Lipinski definition) is 3. The first-order valence-electron chi connectivity index (χ1n) is 8.08. The lowest BCUT2D eigenvalue weighted by Crippen LogP contribution is -2.18. The van der Waals surface area contributed by atoms with E-state index in [1.807, 2.05) is 54.6 Å². The molecule has 0 aliphatic carbocycles. The van der Waals surface area contributed by atoms with E-state index in [4.69, 9.17) is 16.3 Å². The number of nitrogens with one attached hydrogen (secondary N) is 1. The zero-order valence-corrected chi connectivity index (χ0v) is 14.7. The maximum absolute atomic E-state index is 12.1. The number of amides is 1. The Hall–Kier alpha value is -3.11. The van der Waals surface area contributed by atoms with Crippen LogP contribution < -0.4 is 10.2 Å². The lowest BCUT2D eigenvalue weighted by atomic mass is 10.2. The van der Waals surface area contributed by atoms with Crippen molar-refractivity contribution in [2.75, 3.05) is 0 Å². The molecule has 3 aromatic carbocycles. The maximum Gasteiger partial charge on any atom is 0.272 e. The first kappa shape index (κ1) is 17.7. The summed E-state index contributed by atoms with van der Waals surface area (Å²) in [7, 11) is 0. The van der Waals surface area contributed by atoms with E-state index >= 15 is 0 Å². The van der Waals surface area contributed by atoms with Gasteiger partial charge in [0.2, 0.25) is 0 Å². The average Bonchev–Trinajstić information content (AvgIpc) is 2.68. The molecule has 0 heterocycles. The van der Waals surface area contributed by atoms with Crippen LogP contribution in [-0.2, 0) is 6.61 Å². The summed E-state index contributed by atoms with van der Waals surface area (Å²) in [5.41, 5.74) is 4.70. The summed E-state index contributed by atoms with van der Waals surface area (Å²) >= 11 is 6.01. The molecule has 0 saturated heterocycles. The molecule has 4 nitrogen and oxygen atoms in total. The van der Waals surface area contributed by atoms with Gasteiger partial charge in [0.05, 0.1) is 16.8 Å². The van der Waals surface area contributed by atoms with Crippen LogP contribution in [0.15, 0.2) is 84.0 Å². The van der Waals surface area contributed by atoms with Crippen LogP contribution in [0.25, 0.3) is 0 Å². The van der Waals surface area contributed by atoms with Crippen LogP contribution in [-0.4, -0.2) is 12.1 Å². The number of nitrogens with zero attached hydrogens (tertiary/aromatic N) is 1. The number of rotatable bonds is 6. The second-order valence-corrected chi connectivity index (χ2v) is 5.90. The van der Waals surface area contributed by atoms with E-state index in [0.717, 1.165) is 11.1 Å². The van der Waals surface area contributed by atoms with Crippen molar-refractivity contribution in [3.05, 3.63) is 101 Å². The zero-order valence-electron chi connectivity index (χ0n) is 13.9. The van der Waals surface area contributed by atoms with Crippen molar-refractivity contribution < 1.29 is 9.53 Å². The summed E-state index contributed by atoms with van der Waals surface area (Å²) in [6.45, 7) is 0.456. The summed E-state index contributed by atoms with van der Waals surface area (Å²) in [6, 6.07) is 24.2. The Morgan fingerprint density at radius 3 is 2.46 bits per heavy atom. The van der Waals surface area contributed by atoms with Crippen molar-refractivity contribution in [3.63, 3.8) is 0 Å². The summed E-state index contributed by atoms with van der Waals surface area (Å²) in [5.74, 6) is 0.321. The maximum atomic E-state index is 12.1. The molecule has 5 heteroatoms. The lowest BCUT2D eigenvalue weighted by molar-refractivity contribution is 0.0955. The van der Waals surface area contributed by atoms with Gasteiger partial charge in [-0.1, -0.05) is 66.2 Å². The van der Waals surface area contributed by atoms with Gasteiger partial charge in [-0.25, -0.2) is 5.43 Å². The highest BCUT2D eigenvalue weighted by Gasteiger charge is 2.08. The topological polar surface area (TPSA) is 50.7 Å². The predicted molar refractivity (Wildman–Crippen MR) is 104 cm³/mol. The minimum absolute atomic E-state index is 0.366. The molecule has 0 aliphatic rings. The first-order valence-corrected chi connectivity index (χ1v) is 8.45. The normalized spacial score (nSPS) is 10.7. The molecule has 0 aromatic heterocycles. The quantitative estimate of drug-likeness (QED) is 0.510. The summed E-state index contributed by atoms with van der Waals surface area (Å²) < 4.78 is 5.86. The van der Waals surface area contributed by atoms with Crippen molar-refractivity contribution in [1.29, 1.82) is 0 Å². The molecule has 0 unspecified atom stereocenters. The van der Waals surface area contributed by atoms with Crippen LogP contribution in [0.2, 0.25) is 5.02 Å². The summed E-state index contributed by atoms with van der Waals surface area (Å²) in [6.07, 6.45) is 1.55. The number of carbonyl (C=O) groups excluding carboxylic acids is 1. The molecule has 0 fully saturated rings. The first-order chi connectivity index (χ1) is 12.7. The predicted octanol–water partition coefficient (Wildman–Crippen LogP) is 4.68. The van der Waals surface area contributed by atoms with Gasteiger partial charge in [-0.15, -0.1) is 0 Å². The molecule has 0 atom stereocenters. The van der Waals surface area contributed by atoms with Crippen molar-refractivity contribution in [2.45, 2.75) is 6.61 Å². The zero-order chi connectivity index (χ0) is 18.2. The van der Waals surface area contributed by atoms with Gasteiger partial charge in [0.1, 0.15) is 12.4 Å². The van der Waals surface area contributed by atoms with E-state index < -0.39 is 0 Å². The molecule has 0 radical (unpaired) electrons. The highest BCUT2D eigenvalue weighted by molar-refractivity contribution is 6.33. The molecular formula is C21H17ClN2O2. The standard InChI is InChI=1S/C21H17ClN2O2/c22-19-12-6-5-11-18(19)21(25)24-23-14-17-10-4-7-13-20(17)26-15-16-8-2-1-3-9-16/h1-14H,15H2,(H,24,25)/b23-14-. The molecule has 1 N–H and O–H groups in total. The van der Waals surface area contributed by atoms with E-state index in [-0.39, 0.29) is 5.91 Å². The molecular weight excluding hydrogens is 348 g/mol. The number of hydrogen-bond donors (Lipinski definition) is 1. The SMILES string of the molecule is O=C(N/N=C\c1ccccc1OCc1ccccc1)c1ccccc1Cl. The molecule has 26 heavy (non-hydrogen) atoms. The van der Waals surface area contributed by atoms with E-state index in [9.17, 15) is 4.79 Å². The van der Waals surface area contributed by atoms with Gasteiger partial charge in [0, 0.05) is 5.56 Å². The Balaban J connectivity index is 1.65. The Morgan fingerprint density at radius 1 is 0.962 bits per heavy atom. The molecule has 3 rings (SSSR count). The number of carbonyl (C=O) groups is 1. The fourth-order valence-corrected chi connectivity index (χ4v) is 2.54. The average molecular weight is 365 g/mol. The van der Waals surface area contributed by atoms with Crippen LogP contribution in [0, 0.1) is 0 Å². The minimum atomic E-state index is -0.366. The van der Waals surface area contributed by atoms with Crippen LogP contribution in [0.3, 0.4) is 0 Å². The fourth-order valence-electron chi connectivity index (χ4n) is 2.32. The molecule has 0 aliphatic heterocycles. The number of ether oxygens (including phenoxy) is 1. The van der Waals surface area contributed by atoms with Crippen molar-refractivity contribution in [1.82, 2.24) is 5.43 Å².